The summed E-state index contributed by atoms with van der Waals surface area (Å²) in [6, 6.07) is 9.40. The highest BCUT2D eigenvalue weighted by Gasteiger charge is 2.54. The minimum absolute atomic E-state index is 0.363. The van der Waals surface area contributed by atoms with Gasteiger partial charge in [0.05, 0.1) is 25.2 Å². The SMILES string of the molecule is COC(=O)[C@H]1CCC[C@@]2(CCC=C[C@H]2N(Cc2ccccc2)C(=O)OC(C)(C)C)[C@H]1O. The second-order valence-electron chi connectivity index (χ2n) is 9.71. The Balaban J connectivity index is 2.00. The molecule has 4 atom stereocenters. The van der Waals surface area contributed by atoms with Crippen molar-refractivity contribution in [2.75, 3.05) is 7.11 Å². The number of carbonyl (C=O) groups is 2. The number of ether oxygens (including phenoxy) is 2. The molecule has 0 saturated heterocycles. The normalized spacial score (nSPS) is 28.2. The molecule has 1 N–H and O–H groups in total. The van der Waals surface area contributed by atoms with E-state index in [-0.39, 0.29) is 12.0 Å². The van der Waals surface area contributed by atoms with Crippen LogP contribution < -0.4 is 0 Å². The van der Waals surface area contributed by atoms with E-state index in [1.54, 1.807) is 4.90 Å². The Morgan fingerprint density at radius 3 is 2.55 bits per heavy atom. The number of hydrogen-bond donors (Lipinski definition) is 1. The van der Waals surface area contributed by atoms with Gasteiger partial charge < -0.3 is 14.6 Å². The van der Waals surface area contributed by atoms with Crippen LogP contribution >= 0.6 is 0 Å². The molecule has 0 unspecified atom stereocenters. The van der Waals surface area contributed by atoms with Crippen LogP contribution in [0.4, 0.5) is 4.79 Å². The van der Waals surface area contributed by atoms with Crippen LogP contribution in [0.1, 0.15) is 58.4 Å². The van der Waals surface area contributed by atoms with Gasteiger partial charge in [-0.2, -0.15) is 0 Å². The fourth-order valence-electron chi connectivity index (χ4n) is 5.06. The lowest BCUT2D eigenvalue weighted by molar-refractivity contribution is -0.162. The molecule has 3 rings (SSSR count). The smallest absolute Gasteiger partial charge is 0.411 e. The standard InChI is InChI=1S/C25H35NO5/c1-24(2,3)31-23(29)26(17-18-11-6-5-7-12-18)20-14-8-9-15-25(20)16-10-13-19(21(25)27)22(28)30-4/h5-8,11-12,14,19-21,27H,9-10,13,15-17H2,1-4H3/t19-,20+,21-,25+/m0/s1. The largest absolute Gasteiger partial charge is 0.469 e. The fourth-order valence-corrected chi connectivity index (χ4v) is 5.06. The maximum Gasteiger partial charge on any atom is 0.411 e. The molecule has 0 heterocycles. The van der Waals surface area contributed by atoms with Gasteiger partial charge in [0.25, 0.3) is 0 Å². The van der Waals surface area contributed by atoms with Crippen LogP contribution in [0, 0.1) is 11.3 Å². The van der Waals surface area contributed by atoms with Gasteiger partial charge in [-0.1, -0.05) is 48.9 Å². The number of esters is 1. The zero-order chi connectivity index (χ0) is 22.6. The quantitative estimate of drug-likeness (QED) is 0.565. The van der Waals surface area contributed by atoms with Gasteiger partial charge in [0.2, 0.25) is 0 Å². The van der Waals surface area contributed by atoms with E-state index in [0.717, 1.165) is 24.8 Å². The number of aliphatic hydroxyl groups is 1. The fraction of sp³-hybridized carbons (Fsp3) is 0.600. The second-order valence-corrected chi connectivity index (χ2v) is 9.71. The highest BCUT2D eigenvalue weighted by molar-refractivity contribution is 5.73. The van der Waals surface area contributed by atoms with Crippen molar-refractivity contribution < 1.29 is 24.2 Å². The molecule has 0 radical (unpaired) electrons. The Hall–Kier alpha value is -2.34. The molecule has 6 nitrogen and oxygen atoms in total. The molecule has 1 amide bonds. The van der Waals surface area contributed by atoms with Crippen molar-refractivity contribution in [3.63, 3.8) is 0 Å². The molecule has 1 aromatic carbocycles. The molecule has 1 aromatic rings. The first-order valence-corrected chi connectivity index (χ1v) is 11.1. The minimum Gasteiger partial charge on any atom is -0.469 e. The number of amides is 1. The molecule has 1 fully saturated rings. The number of aliphatic hydroxyl groups excluding tert-OH is 1. The lowest BCUT2D eigenvalue weighted by Gasteiger charge is -2.53. The van der Waals surface area contributed by atoms with E-state index in [4.69, 9.17) is 9.47 Å². The highest BCUT2D eigenvalue weighted by Crippen LogP contribution is 2.50. The van der Waals surface area contributed by atoms with Gasteiger partial charge in [-0.25, -0.2) is 4.79 Å². The molecule has 1 spiro atoms. The average Bonchev–Trinajstić information content (AvgIpc) is 2.73. The lowest BCUT2D eigenvalue weighted by Crippen LogP contribution is -2.60. The molecule has 0 aromatic heterocycles. The average molecular weight is 430 g/mol. The van der Waals surface area contributed by atoms with Crippen molar-refractivity contribution in [2.24, 2.45) is 11.3 Å². The summed E-state index contributed by atoms with van der Waals surface area (Å²) >= 11 is 0. The summed E-state index contributed by atoms with van der Waals surface area (Å²) in [6.07, 6.45) is 6.41. The van der Waals surface area contributed by atoms with E-state index < -0.39 is 29.1 Å². The number of nitrogens with zero attached hydrogens (tertiary/aromatic N) is 1. The predicted octanol–water partition coefficient (Wildman–Crippen LogP) is 4.46. The zero-order valence-corrected chi connectivity index (χ0v) is 19.0. The molecule has 6 heteroatoms. The Labute approximate surface area is 185 Å². The number of carbonyl (C=O) groups excluding carboxylic acids is 2. The maximum absolute atomic E-state index is 13.4. The van der Waals surface area contributed by atoms with Gasteiger partial charge >= 0.3 is 12.1 Å². The van der Waals surface area contributed by atoms with E-state index in [9.17, 15) is 14.7 Å². The topological polar surface area (TPSA) is 76.1 Å². The number of methoxy groups -OCH3 is 1. The maximum atomic E-state index is 13.4. The first-order chi connectivity index (χ1) is 14.7. The molecule has 2 aliphatic rings. The molecule has 1 saturated carbocycles. The Morgan fingerprint density at radius 1 is 1.19 bits per heavy atom. The molecular weight excluding hydrogens is 394 g/mol. The second kappa shape index (κ2) is 9.43. The summed E-state index contributed by atoms with van der Waals surface area (Å²) in [5.74, 6) is -0.961. The monoisotopic (exact) mass is 429 g/mol. The van der Waals surface area contributed by atoms with E-state index in [0.29, 0.717) is 19.4 Å². The lowest BCUT2D eigenvalue weighted by atomic mass is 9.59. The Morgan fingerprint density at radius 2 is 1.90 bits per heavy atom. The third kappa shape index (κ3) is 5.12. The summed E-state index contributed by atoms with van der Waals surface area (Å²) in [5.41, 5.74) is -0.272. The first-order valence-electron chi connectivity index (χ1n) is 11.1. The summed E-state index contributed by atoms with van der Waals surface area (Å²) < 4.78 is 10.7. The van der Waals surface area contributed by atoms with Crippen LogP contribution in [-0.2, 0) is 20.8 Å². The summed E-state index contributed by atoms with van der Waals surface area (Å²) in [6.45, 7) is 5.91. The molecule has 2 aliphatic carbocycles. The van der Waals surface area contributed by atoms with Crippen LogP contribution in [0.5, 0.6) is 0 Å². The number of rotatable bonds is 4. The van der Waals surface area contributed by atoms with Crippen LogP contribution in [0.25, 0.3) is 0 Å². The first kappa shape index (κ1) is 23.3. The minimum atomic E-state index is -0.885. The van der Waals surface area contributed by atoms with Crippen molar-refractivity contribution >= 4 is 12.1 Å². The predicted molar refractivity (Wildman–Crippen MR) is 118 cm³/mol. The van der Waals surface area contributed by atoms with Crippen molar-refractivity contribution in [2.45, 2.75) is 77.2 Å². The van der Waals surface area contributed by atoms with Gasteiger partial charge in [0.15, 0.2) is 0 Å². The molecule has 0 bridgehead atoms. The molecule has 0 aliphatic heterocycles. The van der Waals surface area contributed by atoms with Crippen molar-refractivity contribution in [3.8, 4) is 0 Å². The Kier molecular flexibility index (Phi) is 7.10. The summed E-state index contributed by atoms with van der Waals surface area (Å²) in [4.78, 5) is 27.5. The van der Waals surface area contributed by atoms with Crippen molar-refractivity contribution in [3.05, 3.63) is 48.0 Å². The van der Waals surface area contributed by atoms with E-state index in [1.807, 2.05) is 57.2 Å². The molecule has 31 heavy (non-hydrogen) atoms. The van der Waals surface area contributed by atoms with E-state index >= 15 is 0 Å². The zero-order valence-electron chi connectivity index (χ0n) is 19.0. The highest BCUT2D eigenvalue weighted by atomic mass is 16.6. The van der Waals surface area contributed by atoms with E-state index in [2.05, 4.69) is 6.08 Å². The van der Waals surface area contributed by atoms with E-state index in [1.165, 1.54) is 7.11 Å². The van der Waals surface area contributed by atoms with Crippen LogP contribution in [0.2, 0.25) is 0 Å². The van der Waals surface area contributed by atoms with Crippen LogP contribution in [0.3, 0.4) is 0 Å². The third-order valence-corrected chi connectivity index (χ3v) is 6.47. The number of allylic oxidation sites excluding steroid dienone is 1. The van der Waals surface area contributed by atoms with Gasteiger partial charge in [0, 0.05) is 12.0 Å². The van der Waals surface area contributed by atoms with Gasteiger partial charge in [-0.05, 0) is 52.0 Å². The third-order valence-electron chi connectivity index (χ3n) is 6.47. The van der Waals surface area contributed by atoms with Crippen LogP contribution in [0.15, 0.2) is 42.5 Å². The van der Waals surface area contributed by atoms with Crippen molar-refractivity contribution in [1.82, 2.24) is 4.90 Å². The summed E-state index contributed by atoms with van der Waals surface area (Å²) in [7, 11) is 1.36. The number of benzene rings is 1. The summed E-state index contributed by atoms with van der Waals surface area (Å²) in [5, 5.41) is 11.4. The molecular formula is C25H35NO5. The van der Waals surface area contributed by atoms with Gasteiger partial charge in [-0.3, -0.25) is 9.69 Å². The van der Waals surface area contributed by atoms with Crippen molar-refractivity contribution in [1.29, 1.82) is 0 Å². The van der Waals surface area contributed by atoms with Gasteiger partial charge in [-0.15, -0.1) is 0 Å². The number of hydrogen-bond acceptors (Lipinski definition) is 5. The van der Waals surface area contributed by atoms with Crippen LogP contribution in [-0.4, -0.2) is 46.9 Å². The molecule has 170 valence electrons. The Bertz CT molecular complexity index is 800. The van der Waals surface area contributed by atoms with Gasteiger partial charge in [0.1, 0.15) is 5.60 Å².